The van der Waals surface area contributed by atoms with Gasteiger partial charge in [-0.3, -0.25) is 4.79 Å². The Hall–Kier alpha value is -1.44. The fourth-order valence-electron chi connectivity index (χ4n) is 1.34. The monoisotopic (exact) mass is 355 g/mol. The van der Waals surface area contributed by atoms with Crippen molar-refractivity contribution in [3.8, 4) is 11.5 Å². The second-order valence-corrected chi connectivity index (χ2v) is 4.65. The van der Waals surface area contributed by atoms with Gasteiger partial charge in [-0.1, -0.05) is 0 Å². The van der Waals surface area contributed by atoms with Gasteiger partial charge in [-0.05, 0) is 48.0 Å². The number of halogens is 4. The maximum absolute atomic E-state index is 12.1. The van der Waals surface area contributed by atoms with Gasteiger partial charge in [0.1, 0.15) is 11.5 Å². The number of amides is 1. The van der Waals surface area contributed by atoms with Crippen LogP contribution in [0, 0.1) is 0 Å². The Kier molecular flexibility index (Phi) is 5.67. The summed E-state index contributed by atoms with van der Waals surface area (Å²) in [6.07, 6.45) is -5.52. The van der Waals surface area contributed by atoms with E-state index in [4.69, 9.17) is 4.74 Å². The molecule has 1 aromatic rings. The molecule has 1 amide bonds. The zero-order valence-corrected chi connectivity index (χ0v) is 12.3. The van der Waals surface area contributed by atoms with Gasteiger partial charge in [0.25, 0.3) is 5.91 Å². The van der Waals surface area contributed by atoms with Gasteiger partial charge in [0.2, 0.25) is 0 Å². The minimum atomic E-state index is -4.76. The molecule has 0 saturated heterocycles. The smallest absolute Gasteiger partial charge is 0.481 e. The Bertz CT molecular complexity index is 480. The van der Waals surface area contributed by atoms with E-state index in [0.717, 1.165) is 6.07 Å². The quantitative estimate of drug-likeness (QED) is 0.881. The third-order valence-electron chi connectivity index (χ3n) is 2.16. The molecule has 0 fully saturated rings. The number of ether oxygens (including phenoxy) is 2. The molecule has 0 aliphatic carbocycles. The molecule has 4 nitrogen and oxygen atoms in total. The molecule has 0 heterocycles. The second kappa shape index (κ2) is 6.83. The van der Waals surface area contributed by atoms with E-state index in [1.54, 1.807) is 13.8 Å². The van der Waals surface area contributed by atoms with Crippen LogP contribution < -0.4 is 14.8 Å². The van der Waals surface area contributed by atoms with Gasteiger partial charge >= 0.3 is 6.36 Å². The average molecular weight is 356 g/mol. The molecule has 0 aromatic heterocycles. The van der Waals surface area contributed by atoms with Crippen LogP contribution in [-0.4, -0.2) is 24.9 Å². The molecule has 1 atom stereocenters. The van der Waals surface area contributed by atoms with E-state index in [2.05, 4.69) is 26.0 Å². The van der Waals surface area contributed by atoms with Crippen LogP contribution in [0.1, 0.15) is 13.8 Å². The summed E-state index contributed by atoms with van der Waals surface area (Å²) in [5, 5.41) is 2.57. The first kappa shape index (κ1) is 16.6. The van der Waals surface area contributed by atoms with Crippen molar-refractivity contribution in [2.45, 2.75) is 26.3 Å². The molecule has 8 heteroatoms. The summed E-state index contributed by atoms with van der Waals surface area (Å²) in [4.78, 5) is 11.5. The fourth-order valence-corrected chi connectivity index (χ4v) is 1.78. The summed E-state index contributed by atoms with van der Waals surface area (Å²) in [7, 11) is 0. The maximum Gasteiger partial charge on any atom is 0.573 e. The molecule has 1 unspecified atom stereocenters. The van der Waals surface area contributed by atoms with E-state index in [1.807, 2.05) is 0 Å². The van der Waals surface area contributed by atoms with Crippen LogP contribution in [0.25, 0.3) is 0 Å². The topological polar surface area (TPSA) is 47.6 Å². The number of benzene rings is 1. The number of carbonyl (C=O) groups excluding carboxylic acids is 1. The molecular weight excluding hydrogens is 343 g/mol. The van der Waals surface area contributed by atoms with Crippen molar-refractivity contribution in [1.29, 1.82) is 0 Å². The molecule has 0 aliphatic rings. The lowest BCUT2D eigenvalue weighted by Gasteiger charge is -2.15. The van der Waals surface area contributed by atoms with Gasteiger partial charge in [-0.15, -0.1) is 13.2 Å². The molecule has 112 valence electrons. The number of alkyl halides is 3. The summed E-state index contributed by atoms with van der Waals surface area (Å²) < 4.78 is 45.5. The van der Waals surface area contributed by atoms with E-state index in [1.165, 1.54) is 12.1 Å². The maximum atomic E-state index is 12.1. The number of hydrogen-bond acceptors (Lipinski definition) is 3. The number of likely N-dealkylation sites (N-methyl/N-ethyl adjacent to an activating group) is 1. The van der Waals surface area contributed by atoms with Gasteiger partial charge in [0.05, 0.1) is 4.47 Å². The number of carbonyl (C=O) groups is 1. The first-order valence-electron chi connectivity index (χ1n) is 5.72. The SMILES string of the molecule is CCNC(=O)C(C)Oc1ccc(OC(F)(F)F)c(Br)c1. The molecule has 0 bridgehead atoms. The third-order valence-corrected chi connectivity index (χ3v) is 2.78. The number of hydrogen-bond donors (Lipinski definition) is 1. The van der Waals surface area contributed by atoms with E-state index in [-0.39, 0.29) is 21.9 Å². The highest BCUT2D eigenvalue weighted by Crippen LogP contribution is 2.33. The van der Waals surface area contributed by atoms with Gasteiger partial charge in [0, 0.05) is 6.54 Å². The Balaban J connectivity index is 2.75. The van der Waals surface area contributed by atoms with Crippen LogP contribution >= 0.6 is 15.9 Å². The van der Waals surface area contributed by atoms with E-state index < -0.39 is 12.5 Å². The minimum absolute atomic E-state index is 0.0791. The van der Waals surface area contributed by atoms with Crippen molar-refractivity contribution in [2.75, 3.05) is 6.54 Å². The molecule has 20 heavy (non-hydrogen) atoms. The van der Waals surface area contributed by atoms with Crippen molar-refractivity contribution in [3.05, 3.63) is 22.7 Å². The molecule has 1 rings (SSSR count). The molecule has 0 radical (unpaired) electrons. The Morgan fingerprint density at radius 3 is 2.60 bits per heavy atom. The lowest BCUT2D eigenvalue weighted by atomic mass is 10.3. The third kappa shape index (κ3) is 5.28. The average Bonchev–Trinajstić information content (AvgIpc) is 2.31. The minimum Gasteiger partial charge on any atom is -0.481 e. The fraction of sp³-hybridized carbons (Fsp3) is 0.417. The lowest BCUT2D eigenvalue weighted by molar-refractivity contribution is -0.274. The van der Waals surface area contributed by atoms with Crippen LogP contribution in [0.2, 0.25) is 0 Å². The van der Waals surface area contributed by atoms with Gasteiger partial charge < -0.3 is 14.8 Å². The van der Waals surface area contributed by atoms with E-state index >= 15 is 0 Å². The Morgan fingerprint density at radius 1 is 1.45 bits per heavy atom. The highest BCUT2D eigenvalue weighted by Gasteiger charge is 2.32. The number of nitrogens with one attached hydrogen (secondary N) is 1. The van der Waals surface area contributed by atoms with E-state index in [9.17, 15) is 18.0 Å². The van der Waals surface area contributed by atoms with Gasteiger partial charge in [-0.25, -0.2) is 0 Å². The van der Waals surface area contributed by atoms with Crippen molar-refractivity contribution in [1.82, 2.24) is 5.32 Å². The zero-order chi connectivity index (χ0) is 15.3. The lowest BCUT2D eigenvalue weighted by Crippen LogP contribution is -2.36. The predicted octanol–water partition coefficient (Wildman–Crippen LogP) is 3.25. The van der Waals surface area contributed by atoms with Crippen LogP contribution in [-0.2, 0) is 4.79 Å². The van der Waals surface area contributed by atoms with Gasteiger partial charge in [-0.2, -0.15) is 0 Å². The highest BCUT2D eigenvalue weighted by atomic mass is 79.9. The first-order valence-corrected chi connectivity index (χ1v) is 6.52. The molecule has 1 N–H and O–H groups in total. The van der Waals surface area contributed by atoms with Crippen molar-refractivity contribution in [3.63, 3.8) is 0 Å². The first-order chi connectivity index (χ1) is 9.23. The summed E-state index contributed by atoms with van der Waals surface area (Å²) >= 11 is 2.95. The predicted molar refractivity (Wildman–Crippen MR) is 69.6 cm³/mol. The summed E-state index contributed by atoms with van der Waals surface area (Å²) in [5.74, 6) is -0.431. The zero-order valence-electron chi connectivity index (χ0n) is 10.8. The normalized spacial score (nSPS) is 12.7. The second-order valence-electron chi connectivity index (χ2n) is 3.79. The van der Waals surface area contributed by atoms with Crippen LogP contribution in [0.4, 0.5) is 13.2 Å². The van der Waals surface area contributed by atoms with Crippen molar-refractivity contribution in [2.24, 2.45) is 0 Å². The highest BCUT2D eigenvalue weighted by molar-refractivity contribution is 9.10. The standard InChI is InChI=1S/C12H13BrF3NO3/c1-3-17-11(18)7(2)19-8-4-5-10(9(13)6-8)20-12(14,15)16/h4-7H,3H2,1-2H3,(H,17,18). The van der Waals surface area contributed by atoms with Crippen molar-refractivity contribution >= 4 is 21.8 Å². The molecule has 0 spiro atoms. The Labute approximate surface area is 122 Å². The van der Waals surface area contributed by atoms with Crippen LogP contribution in [0.3, 0.4) is 0 Å². The van der Waals surface area contributed by atoms with Crippen molar-refractivity contribution < 1.29 is 27.4 Å². The van der Waals surface area contributed by atoms with E-state index in [0.29, 0.717) is 6.54 Å². The summed E-state index contributed by atoms with van der Waals surface area (Å²) in [6.45, 7) is 3.78. The molecular formula is C12H13BrF3NO3. The van der Waals surface area contributed by atoms with Crippen LogP contribution in [0.5, 0.6) is 11.5 Å². The number of rotatable bonds is 5. The molecule has 0 aliphatic heterocycles. The summed E-state index contributed by atoms with van der Waals surface area (Å²) in [6, 6.07) is 3.70. The van der Waals surface area contributed by atoms with Gasteiger partial charge in [0.15, 0.2) is 6.10 Å². The molecule has 1 aromatic carbocycles. The summed E-state index contributed by atoms with van der Waals surface area (Å²) in [5.41, 5.74) is 0. The van der Waals surface area contributed by atoms with Crippen LogP contribution in [0.15, 0.2) is 22.7 Å². The molecule has 0 saturated carbocycles. The Morgan fingerprint density at radius 2 is 2.10 bits per heavy atom. The largest absolute Gasteiger partial charge is 0.573 e.